The Morgan fingerprint density at radius 1 is 0.971 bits per heavy atom. The van der Waals surface area contributed by atoms with E-state index in [4.69, 9.17) is 9.47 Å². The molecule has 9 nitrogen and oxygen atoms in total. The van der Waals surface area contributed by atoms with Crippen molar-refractivity contribution in [1.29, 1.82) is 0 Å². The van der Waals surface area contributed by atoms with Crippen molar-refractivity contribution in [2.75, 3.05) is 30.6 Å². The molecule has 2 amide bonds. The second-order valence-corrected chi connectivity index (χ2v) is 9.57. The summed E-state index contributed by atoms with van der Waals surface area (Å²) in [5.41, 5.74) is 1.41. The summed E-state index contributed by atoms with van der Waals surface area (Å²) in [6.07, 6.45) is 4.61. The number of hydrogen-bond donors (Lipinski definition) is 2. The lowest BCUT2D eigenvalue weighted by atomic mass is 10.2. The van der Waals surface area contributed by atoms with Crippen LogP contribution in [0.2, 0.25) is 0 Å². The summed E-state index contributed by atoms with van der Waals surface area (Å²) in [5, 5.41) is 15.3. The molecule has 2 saturated carbocycles. The first kappa shape index (κ1) is 23.2. The van der Waals surface area contributed by atoms with E-state index in [-0.39, 0.29) is 17.6 Å². The fourth-order valence-electron chi connectivity index (χ4n) is 3.88. The van der Waals surface area contributed by atoms with Gasteiger partial charge in [0, 0.05) is 29.7 Å². The Morgan fingerprint density at radius 2 is 1.63 bits per heavy atom. The van der Waals surface area contributed by atoms with Gasteiger partial charge < -0.3 is 24.7 Å². The van der Waals surface area contributed by atoms with Crippen LogP contribution in [0.25, 0.3) is 0 Å². The Labute approximate surface area is 207 Å². The zero-order chi connectivity index (χ0) is 24.4. The maximum atomic E-state index is 12.8. The van der Waals surface area contributed by atoms with Crippen LogP contribution in [-0.2, 0) is 4.79 Å². The molecule has 0 unspecified atom stereocenters. The Morgan fingerprint density at radius 3 is 2.23 bits per heavy atom. The van der Waals surface area contributed by atoms with E-state index in [1.54, 1.807) is 36.4 Å². The van der Waals surface area contributed by atoms with Crippen LogP contribution >= 0.6 is 11.8 Å². The molecule has 3 aromatic rings. The van der Waals surface area contributed by atoms with E-state index in [0.29, 0.717) is 40.4 Å². The third kappa shape index (κ3) is 5.27. The predicted molar refractivity (Wildman–Crippen MR) is 134 cm³/mol. The van der Waals surface area contributed by atoms with Gasteiger partial charge in [-0.3, -0.25) is 9.59 Å². The number of anilines is 2. The smallest absolute Gasteiger partial charge is 0.255 e. The monoisotopic (exact) mass is 493 g/mol. The van der Waals surface area contributed by atoms with Gasteiger partial charge in [-0.1, -0.05) is 30.0 Å². The fraction of sp³-hybridized carbons (Fsp3) is 0.360. The van der Waals surface area contributed by atoms with Gasteiger partial charge in [-0.15, -0.1) is 10.2 Å². The van der Waals surface area contributed by atoms with Gasteiger partial charge in [0.05, 0.1) is 31.3 Å². The van der Waals surface area contributed by atoms with E-state index in [1.165, 1.54) is 38.8 Å². The third-order valence-electron chi connectivity index (χ3n) is 5.96. The summed E-state index contributed by atoms with van der Waals surface area (Å²) >= 11 is 1.39. The van der Waals surface area contributed by atoms with Gasteiger partial charge in [0.2, 0.25) is 5.91 Å². The molecule has 2 aliphatic carbocycles. The topological polar surface area (TPSA) is 107 Å². The predicted octanol–water partition coefficient (Wildman–Crippen LogP) is 4.49. The normalized spacial score (nSPS) is 14.9. The molecular weight excluding hydrogens is 466 g/mol. The summed E-state index contributed by atoms with van der Waals surface area (Å²) in [6, 6.07) is 12.6. The number of carbonyl (C=O) groups is 2. The van der Waals surface area contributed by atoms with E-state index >= 15 is 0 Å². The molecule has 2 fully saturated rings. The standard InChI is InChI=1S/C25H27N5O4S/c1-33-20-13-19(27-24(32)16-6-4-3-5-7-16)21(34-2)12-18(20)26-22(31)14-35-25-29-28-23(15-8-9-15)30(25)17-10-11-17/h3-7,12-13,15,17H,8-11,14H2,1-2H3,(H,26,31)(H,27,32). The van der Waals surface area contributed by atoms with Crippen LogP contribution in [0.5, 0.6) is 11.5 Å². The molecule has 0 bridgehead atoms. The van der Waals surface area contributed by atoms with Crippen LogP contribution in [0.4, 0.5) is 11.4 Å². The molecule has 2 aromatic carbocycles. The Kier molecular flexibility index (Phi) is 6.63. The van der Waals surface area contributed by atoms with Gasteiger partial charge in [-0.2, -0.15) is 0 Å². The lowest BCUT2D eigenvalue weighted by molar-refractivity contribution is -0.113. The Hall–Kier alpha value is -3.53. The van der Waals surface area contributed by atoms with Crippen molar-refractivity contribution < 1.29 is 19.1 Å². The quantitative estimate of drug-likeness (QED) is 0.401. The van der Waals surface area contributed by atoms with Crippen LogP contribution in [0.1, 0.15) is 53.8 Å². The summed E-state index contributed by atoms with van der Waals surface area (Å²) in [5.74, 6) is 2.11. The van der Waals surface area contributed by atoms with E-state index in [1.807, 2.05) is 6.07 Å². The van der Waals surface area contributed by atoms with Crippen LogP contribution in [0.3, 0.4) is 0 Å². The molecule has 10 heteroatoms. The first-order valence-corrected chi connectivity index (χ1v) is 12.6. The maximum Gasteiger partial charge on any atom is 0.255 e. The molecule has 0 spiro atoms. The number of ether oxygens (including phenoxy) is 2. The lowest BCUT2D eigenvalue weighted by Crippen LogP contribution is -2.16. The van der Waals surface area contributed by atoms with Gasteiger partial charge in [-0.25, -0.2) is 0 Å². The molecule has 0 radical (unpaired) electrons. The minimum atomic E-state index is -0.274. The highest BCUT2D eigenvalue weighted by molar-refractivity contribution is 7.99. The van der Waals surface area contributed by atoms with Crippen LogP contribution < -0.4 is 20.1 Å². The summed E-state index contributed by atoms with van der Waals surface area (Å²) in [7, 11) is 3.01. The van der Waals surface area contributed by atoms with Crippen molar-refractivity contribution in [1.82, 2.24) is 14.8 Å². The molecule has 2 N–H and O–H groups in total. The second-order valence-electron chi connectivity index (χ2n) is 8.63. The highest BCUT2D eigenvalue weighted by Crippen LogP contribution is 2.46. The minimum absolute atomic E-state index is 0.188. The number of hydrogen-bond acceptors (Lipinski definition) is 7. The largest absolute Gasteiger partial charge is 0.494 e. The molecule has 1 aromatic heterocycles. The summed E-state index contributed by atoms with van der Waals surface area (Å²) in [6.45, 7) is 0. The second kappa shape index (κ2) is 9.99. The minimum Gasteiger partial charge on any atom is -0.494 e. The number of nitrogens with one attached hydrogen (secondary N) is 2. The first-order chi connectivity index (χ1) is 17.1. The van der Waals surface area contributed by atoms with Gasteiger partial charge in [0.25, 0.3) is 5.91 Å². The van der Waals surface area contributed by atoms with Crippen molar-refractivity contribution in [3.05, 3.63) is 53.9 Å². The number of benzene rings is 2. The van der Waals surface area contributed by atoms with E-state index in [0.717, 1.165) is 23.8 Å². The molecule has 2 aliphatic rings. The molecule has 35 heavy (non-hydrogen) atoms. The van der Waals surface area contributed by atoms with Crippen molar-refractivity contribution >= 4 is 35.0 Å². The van der Waals surface area contributed by atoms with Crippen molar-refractivity contribution in [2.45, 2.75) is 42.8 Å². The first-order valence-electron chi connectivity index (χ1n) is 11.6. The van der Waals surface area contributed by atoms with Crippen LogP contribution in [-0.4, -0.2) is 46.6 Å². The number of methoxy groups -OCH3 is 2. The zero-order valence-electron chi connectivity index (χ0n) is 19.6. The number of thioether (sulfide) groups is 1. The van der Waals surface area contributed by atoms with Gasteiger partial charge in [0.1, 0.15) is 17.3 Å². The molecular formula is C25H27N5O4S. The Bertz CT molecular complexity index is 1240. The van der Waals surface area contributed by atoms with E-state index in [9.17, 15) is 9.59 Å². The summed E-state index contributed by atoms with van der Waals surface area (Å²) in [4.78, 5) is 25.4. The van der Waals surface area contributed by atoms with Crippen molar-refractivity contribution in [2.24, 2.45) is 0 Å². The van der Waals surface area contributed by atoms with Gasteiger partial charge in [-0.05, 0) is 37.8 Å². The maximum absolute atomic E-state index is 12.8. The Balaban J connectivity index is 1.27. The fourth-order valence-corrected chi connectivity index (χ4v) is 4.69. The number of aromatic nitrogens is 3. The molecule has 0 atom stereocenters. The molecule has 1 heterocycles. The SMILES string of the molecule is COc1cc(NC(=O)c2ccccc2)c(OC)cc1NC(=O)CSc1nnc(C2CC2)n1C1CC1. The molecule has 0 aliphatic heterocycles. The molecule has 0 saturated heterocycles. The number of amides is 2. The third-order valence-corrected chi connectivity index (χ3v) is 6.90. The highest BCUT2D eigenvalue weighted by atomic mass is 32.2. The number of nitrogens with zero attached hydrogens (tertiary/aromatic N) is 3. The van der Waals surface area contributed by atoms with Crippen molar-refractivity contribution in [3.63, 3.8) is 0 Å². The van der Waals surface area contributed by atoms with E-state index < -0.39 is 0 Å². The molecule has 5 rings (SSSR count). The summed E-state index contributed by atoms with van der Waals surface area (Å²) < 4.78 is 13.2. The van der Waals surface area contributed by atoms with Crippen LogP contribution in [0.15, 0.2) is 47.6 Å². The van der Waals surface area contributed by atoms with Crippen molar-refractivity contribution in [3.8, 4) is 11.5 Å². The zero-order valence-corrected chi connectivity index (χ0v) is 20.4. The number of rotatable bonds is 10. The van der Waals surface area contributed by atoms with Gasteiger partial charge in [0.15, 0.2) is 5.16 Å². The van der Waals surface area contributed by atoms with Gasteiger partial charge >= 0.3 is 0 Å². The average molecular weight is 494 g/mol. The lowest BCUT2D eigenvalue weighted by Gasteiger charge is -2.16. The number of carbonyl (C=O) groups excluding carboxylic acids is 2. The van der Waals surface area contributed by atoms with Crippen LogP contribution in [0, 0.1) is 0 Å². The highest BCUT2D eigenvalue weighted by Gasteiger charge is 2.36. The molecule has 182 valence electrons. The van der Waals surface area contributed by atoms with E-state index in [2.05, 4.69) is 25.4 Å². The average Bonchev–Trinajstić information content (AvgIpc) is 3.82.